The van der Waals surface area contributed by atoms with Gasteiger partial charge in [0.1, 0.15) is 6.61 Å². The molecule has 0 radical (unpaired) electrons. The SMILES string of the molecule is CCCCC/C=C\C/C=C\C/C=C\CCCCCCC(=O)OC(COC(=O)CCCCCCCCCCCCCCCCCCC)COP(=O)(O)OCCN(C)C. The first kappa shape index (κ1) is 55.2. The summed E-state index contributed by atoms with van der Waals surface area (Å²) in [6.07, 6.45) is 46.1. The van der Waals surface area contributed by atoms with Crippen LogP contribution in [-0.2, 0) is 32.7 Å². The lowest BCUT2D eigenvalue weighted by Gasteiger charge is -2.20. The normalized spacial score (nSPS) is 13.6. The maximum atomic E-state index is 12.7. The van der Waals surface area contributed by atoms with Crippen LogP contribution in [0.4, 0.5) is 0 Å². The second-order valence-electron chi connectivity index (χ2n) is 15.9. The van der Waals surface area contributed by atoms with Crippen LogP contribution in [0.15, 0.2) is 36.5 Å². The Morgan fingerprint density at radius 2 is 0.947 bits per heavy atom. The van der Waals surface area contributed by atoms with Crippen molar-refractivity contribution in [1.29, 1.82) is 0 Å². The van der Waals surface area contributed by atoms with Crippen LogP contribution in [-0.4, -0.2) is 68.3 Å². The molecule has 0 aliphatic heterocycles. The fourth-order valence-corrected chi connectivity index (χ4v) is 7.08. The fraction of sp³-hybridized carbons (Fsp3) is 0.830. The minimum atomic E-state index is -4.37. The van der Waals surface area contributed by atoms with Gasteiger partial charge in [-0.05, 0) is 65.5 Å². The molecule has 0 bridgehead atoms. The van der Waals surface area contributed by atoms with Gasteiger partial charge in [-0.1, -0.05) is 179 Å². The van der Waals surface area contributed by atoms with Gasteiger partial charge in [0.2, 0.25) is 0 Å². The smallest absolute Gasteiger partial charge is 0.462 e. The van der Waals surface area contributed by atoms with E-state index in [2.05, 4.69) is 50.3 Å². The molecule has 0 saturated heterocycles. The predicted octanol–water partition coefficient (Wildman–Crippen LogP) is 13.5. The Balaban J connectivity index is 4.28. The van der Waals surface area contributed by atoms with Crippen molar-refractivity contribution in [1.82, 2.24) is 4.90 Å². The number of phosphoric ester groups is 1. The second-order valence-corrected chi connectivity index (χ2v) is 17.4. The first-order valence-electron chi connectivity index (χ1n) is 23.3. The molecule has 0 aromatic carbocycles. The van der Waals surface area contributed by atoms with E-state index >= 15 is 0 Å². The van der Waals surface area contributed by atoms with Crippen LogP contribution in [0.25, 0.3) is 0 Å². The van der Waals surface area contributed by atoms with Crippen molar-refractivity contribution in [2.24, 2.45) is 0 Å². The van der Waals surface area contributed by atoms with Crippen LogP contribution in [0.2, 0.25) is 0 Å². The monoisotopic (exact) mass is 826 g/mol. The van der Waals surface area contributed by atoms with Gasteiger partial charge in [0.25, 0.3) is 0 Å². The lowest BCUT2D eigenvalue weighted by atomic mass is 10.0. The van der Waals surface area contributed by atoms with Gasteiger partial charge >= 0.3 is 19.8 Å². The number of esters is 2. The molecule has 0 saturated carbocycles. The number of carbonyl (C=O) groups excluding carboxylic acids is 2. The average Bonchev–Trinajstić information content (AvgIpc) is 3.18. The molecule has 0 aromatic rings. The standard InChI is InChI=1S/C47H88NO8P/c1-5-7-9-11-13-15-17-19-21-23-25-27-29-31-33-35-37-39-46(49)53-43-45(44-55-57(51,52)54-42-41-48(3)4)56-47(50)40-38-36-34-32-30-28-26-24-22-20-18-16-14-12-10-8-6-2/h14,16,20,22,26,28,45H,5-13,15,17-19,21,23-25,27,29-44H2,1-4H3,(H,51,52)/b16-14-,22-20-,28-26-. The molecule has 334 valence electrons. The number of ether oxygens (including phenoxy) is 2. The molecule has 0 amide bonds. The van der Waals surface area contributed by atoms with Crippen molar-refractivity contribution in [3.63, 3.8) is 0 Å². The van der Waals surface area contributed by atoms with Crippen LogP contribution in [0.5, 0.6) is 0 Å². The summed E-state index contributed by atoms with van der Waals surface area (Å²) in [4.78, 5) is 37.1. The van der Waals surface area contributed by atoms with E-state index in [1.165, 1.54) is 116 Å². The first-order valence-corrected chi connectivity index (χ1v) is 24.8. The number of hydrogen-bond acceptors (Lipinski definition) is 8. The molecule has 0 aromatic heterocycles. The number of unbranched alkanes of at least 4 members (excludes halogenated alkanes) is 23. The number of nitrogens with zero attached hydrogens (tertiary/aromatic N) is 1. The minimum absolute atomic E-state index is 0.00351. The summed E-state index contributed by atoms with van der Waals surface area (Å²) < 4.78 is 33.5. The van der Waals surface area contributed by atoms with Crippen molar-refractivity contribution in [3.05, 3.63) is 36.5 Å². The highest BCUT2D eigenvalue weighted by molar-refractivity contribution is 7.47. The van der Waals surface area contributed by atoms with E-state index < -0.39 is 26.5 Å². The third-order valence-corrected chi connectivity index (χ3v) is 10.9. The minimum Gasteiger partial charge on any atom is -0.462 e. The van der Waals surface area contributed by atoms with Crippen LogP contribution in [0, 0.1) is 0 Å². The molecule has 0 heterocycles. The highest BCUT2D eigenvalue weighted by Gasteiger charge is 2.26. The van der Waals surface area contributed by atoms with Crippen molar-refractivity contribution >= 4 is 19.8 Å². The van der Waals surface area contributed by atoms with Gasteiger partial charge in [0, 0.05) is 19.4 Å². The van der Waals surface area contributed by atoms with Crippen LogP contribution in [0.1, 0.15) is 206 Å². The number of allylic oxidation sites excluding steroid dienone is 6. The average molecular weight is 826 g/mol. The first-order chi connectivity index (χ1) is 27.7. The van der Waals surface area contributed by atoms with Crippen molar-refractivity contribution in [2.75, 3.05) is 40.5 Å². The zero-order chi connectivity index (χ0) is 41.9. The zero-order valence-electron chi connectivity index (χ0n) is 37.3. The summed E-state index contributed by atoms with van der Waals surface area (Å²) >= 11 is 0. The van der Waals surface area contributed by atoms with Gasteiger partial charge in [-0.2, -0.15) is 0 Å². The summed E-state index contributed by atoms with van der Waals surface area (Å²) in [7, 11) is -0.721. The highest BCUT2D eigenvalue weighted by Crippen LogP contribution is 2.43. The van der Waals surface area contributed by atoms with Crippen molar-refractivity contribution < 1.29 is 37.6 Å². The van der Waals surface area contributed by atoms with E-state index in [0.29, 0.717) is 13.0 Å². The van der Waals surface area contributed by atoms with Gasteiger partial charge in [-0.3, -0.25) is 18.6 Å². The quantitative estimate of drug-likeness (QED) is 0.0278. The van der Waals surface area contributed by atoms with Crippen LogP contribution < -0.4 is 0 Å². The topological polar surface area (TPSA) is 112 Å². The number of rotatable bonds is 43. The lowest BCUT2D eigenvalue weighted by molar-refractivity contribution is -0.161. The van der Waals surface area contributed by atoms with E-state index in [1.807, 2.05) is 19.0 Å². The molecule has 10 heteroatoms. The third kappa shape index (κ3) is 43.6. The lowest BCUT2D eigenvalue weighted by Crippen LogP contribution is -2.29. The summed E-state index contributed by atoms with van der Waals surface area (Å²) in [6.45, 7) is 4.29. The molecule has 0 fully saturated rings. The molecule has 0 spiro atoms. The van der Waals surface area contributed by atoms with E-state index in [9.17, 15) is 19.0 Å². The number of hydrogen-bond donors (Lipinski definition) is 1. The Kier molecular flexibility index (Phi) is 41.0. The molecule has 2 unspecified atom stereocenters. The third-order valence-electron chi connectivity index (χ3n) is 9.95. The molecular formula is C47H88NO8P. The largest absolute Gasteiger partial charge is 0.472 e. The molecule has 0 aliphatic rings. The van der Waals surface area contributed by atoms with E-state index in [1.54, 1.807) is 0 Å². The summed E-state index contributed by atoms with van der Waals surface area (Å²) in [5, 5.41) is 0. The summed E-state index contributed by atoms with van der Waals surface area (Å²) in [6, 6.07) is 0. The van der Waals surface area contributed by atoms with Gasteiger partial charge in [-0.15, -0.1) is 0 Å². The van der Waals surface area contributed by atoms with Gasteiger partial charge < -0.3 is 19.3 Å². The Morgan fingerprint density at radius 3 is 1.44 bits per heavy atom. The molecule has 0 aliphatic carbocycles. The number of likely N-dealkylation sites (N-methyl/N-ethyl adjacent to an activating group) is 1. The van der Waals surface area contributed by atoms with Gasteiger partial charge in [0.05, 0.1) is 13.2 Å². The molecule has 0 rings (SSSR count). The highest BCUT2D eigenvalue weighted by atomic mass is 31.2. The Labute approximate surface area is 350 Å². The van der Waals surface area contributed by atoms with Crippen LogP contribution >= 0.6 is 7.82 Å². The van der Waals surface area contributed by atoms with Crippen molar-refractivity contribution in [3.8, 4) is 0 Å². The molecular weight excluding hydrogens is 737 g/mol. The van der Waals surface area contributed by atoms with Gasteiger partial charge in [0.15, 0.2) is 6.10 Å². The fourth-order valence-electron chi connectivity index (χ4n) is 6.34. The van der Waals surface area contributed by atoms with Gasteiger partial charge in [-0.25, -0.2) is 4.57 Å². The molecule has 1 N–H and O–H groups in total. The van der Waals surface area contributed by atoms with E-state index in [-0.39, 0.29) is 32.0 Å². The van der Waals surface area contributed by atoms with E-state index in [4.69, 9.17) is 18.5 Å². The maximum absolute atomic E-state index is 12.7. The molecule has 57 heavy (non-hydrogen) atoms. The number of phosphoric acid groups is 1. The second kappa shape index (κ2) is 42.4. The number of carbonyl (C=O) groups is 2. The van der Waals surface area contributed by atoms with Crippen molar-refractivity contribution in [2.45, 2.75) is 213 Å². The van der Waals surface area contributed by atoms with E-state index in [0.717, 1.165) is 57.8 Å². The zero-order valence-corrected chi connectivity index (χ0v) is 38.2. The predicted molar refractivity (Wildman–Crippen MR) is 238 cm³/mol. The maximum Gasteiger partial charge on any atom is 0.472 e. The Hall–Kier alpha value is -1.77. The Morgan fingerprint density at radius 1 is 0.544 bits per heavy atom. The molecule has 9 nitrogen and oxygen atoms in total. The summed E-state index contributed by atoms with van der Waals surface area (Å²) in [5.41, 5.74) is 0. The summed E-state index contributed by atoms with van der Waals surface area (Å²) in [5.74, 6) is -0.821. The molecule has 2 atom stereocenters. The Bertz CT molecular complexity index is 1050. The van der Waals surface area contributed by atoms with Crippen LogP contribution in [0.3, 0.4) is 0 Å².